The van der Waals surface area contributed by atoms with Gasteiger partial charge in [-0.1, -0.05) is 174 Å². The average Bonchev–Trinajstić information content (AvgIpc) is 3.69. The van der Waals surface area contributed by atoms with E-state index in [-0.39, 0.29) is 26.1 Å². The molecule has 0 fully saturated rings. The van der Waals surface area contributed by atoms with Crippen LogP contribution in [0.1, 0.15) is 205 Å². The fourth-order valence-corrected chi connectivity index (χ4v) is 7.86. The predicted molar refractivity (Wildman–Crippen MR) is 232 cm³/mol. The number of esters is 2. The first-order chi connectivity index (χ1) is 28.5. The number of phosphoric acid groups is 1. The molecule has 1 aromatic rings. The molecule has 0 amide bonds. The zero-order chi connectivity index (χ0) is 43.0. The summed E-state index contributed by atoms with van der Waals surface area (Å²) in [4.78, 5) is 62.0. The van der Waals surface area contributed by atoms with Gasteiger partial charge in [0.2, 0.25) is 0 Å². The summed E-state index contributed by atoms with van der Waals surface area (Å²) in [5, 5.41) is 0. The molecule has 2 heterocycles. The molecule has 59 heavy (non-hydrogen) atoms. The van der Waals surface area contributed by atoms with E-state index in [1.165, 1.54) is 126 Å². The van der Waals surface area contributed by atoms with Crippen molar-refractivity contribution in [2.24, 2.45) is 0 Å². The van der Waals surface area contributed by atoms with Gasteiger partial charge in [0.25, 0.3) is 5.56 Å². The Hall–Kier alpha value is -2.57. The number of aromatic amines is 1. The maximum absolute atomic E-state index is 12.8. The number of rotatable bonds is 38. The Morgan fingerprint density at radius 1 is 0.695 bits per heavy atom. The smallest absolute Gasteiger partial charge is 0.462 e. The molecule has 1 unspecified atom stereocenters. The van der Waals surface area contributed by atoms with E-state index in [9.17, 15) is 28.6 Å². The minimum Gasteiger partial charge on any atom is -0.462 e. The van der Waals surface area contributed by atoms with Gasteiger partial charge >= 0.3 is 25.5 Å². The van der Waals surface area contributed by atoms with Crippen LogP contribution < -0.4 is 11.2 Å². The van der Waals surface area contributed by atoms with E-state index < -0.39 is 56.1 Å². The third-order valence-electron chi connectivity index (χ3n) is 10.7. The van der Waals surface area contributed by atoms with Crippen LogP contribution >= 0.6 is 7.82 Å². The molecule has 340 valence electrons. The van der Waals surface area contributed by atoms with Crippen molar-refractivity contribution in [1.82, 2.24) is 9.55 Å². The van der Waals surface area contributed by atoms with Crippen LogP contribution in [-0.2, 0) is 37.4 Å². The molecular formula is C45H79N2O11P. The summed E-state index contributed by atoms with van der Waals surface area (Å²) in [6, 6.07) is 0. The van der Waals surface area contributed by atoms with E-state index in [4.69, 9.17) is 23.3 Å². The highest BCUT2D eigenvalue weighted by molar-refractivity contribution is 7.47. The van der Waals surface area contributed by atoms with Gasteiger partial charge in [0.1, 0.15) is 12.7 Å². The van der Waals surface area contributed by atoms with Crippen LogP contribution in [0.25, 0.3) is 0 Å². The summed E-state index contributed by atoms with van der Waals surface area (Å²) in [5.41, 5.74) is -0.841. The highest BCUT2D eigenvalue weighted by Crippen LogP contribution is 2.44. The number of nitrogens with zero attached hydrogens (tertiary/aromatic N) is 1. The molecule has 0 saturated heterocycles. The summed E-state index contributed by atoms with van der Waals surface area (Å²) in [6.45, 7) is 4.81. The minimum atomic E-state index is -4.66. The molecule has 0 radical (unpaired) electrons. The van der Waals surface area contributed by atoms with Crippen molar-refractivity contribution < 1.29 is 42.3 Å². The van der Waals surface area contributed by atoms with E-state index in [0.717, 1.165) is 38.5 Å². The lowest BCUT2D eigenvalue weighted by Crippen LogP contribution is -2.33. The number of unbranched alkanes of at least 4 members (excludes halogenated alkanes) is 24. The molecule has 1 aliphatic rings. The lowest BCUT2D eigenvalue weighted by atomic mass is 10.0. The maximum atomic E-state index is 12.8. The van der Waals surface area contributed by atoms with Crippen LogP contribution in [0.5, 0.6) is 0 Å². The minimum absolute atomic E-state index is 0.179. The van der Waals surface area contributed by atoms with Crippen molar-refractivity contribution in [3.63, 3.8) is 0 Å². The van der Waals surface area contributed by atoms with E-state index >= 15 is 0 Å². The van der Waals surface area contributed by atoms with Gasteiger partial charge in [-0.2, -0.15) is 0 Å². The molecule has 14 heteroatoms. The molecule has 4 atom stereocenters. The third kappa shape index (κ3) is 26.4. The van der Waals surface area contributed by atoms with Crippen molar-refractivity contribution >= 4 is 19.8 Å². The Bertz CT molecular complexity index is 1460. The number of phosphoric ester groups is 1. The molecule has 2 rings (SSSR count). The number of aromatic nitrogens is 2. The number of ether oxygens (including phenoxy) is 3. The second-order valence-electron chi connectivity index (χ2n) is 16.3. The first-order valence-electron chi connectivity index (χ1n) is 23.2. The first kappa shape index (κ1) is 52.6. The van der Waals surface area contributed by atoms with E-state index in [2.05, 4.69) is 18.8 Å². The second kappa shape index (κ2) is 33.1. The zero-order valence-electron chi connectivity index (χ0n) is 36.8. The maximum Gasteiger partial charge on any atom is 0.472 e. The largest absolute Gasteiger partial charge is 0.472 e. The quantitative estimate of drug-likeness (QED) is 0.0280. The Morgan fingerprint density at radius 2 is 1.15 bits per heavy atom. The topological polar surface area (TPSA) is 172 Å². The van der Waals surface area contributed by atoms with Crippen LogP contribution in [0, 0.1) is 6.92 Å². The Labute approximate surface area is 354 Å². The lowest BCUT2D eigenvalue weighted by molar-refractivity contribution is -0.161. The number of hydrogen-bond donors (Lipinski definition) is 2. The summed E-state index contributed by atoms with van der Waals surface area (Å²) in [6.07, 6.45) is 33.1. The summed E-state index contributed by atoms with van der Waals surface area (Å²) in [7, 11) is -4.66. The molecule has 0 saturated carbocycles. The van der Waals surface area contributed by atoms with Crippen molar-refractivity contribution in [1.29, 1.82) is 0 Å². The number of nitrogens with one attached hydrogen (secondary N) is 1. The Balaban J connectivity index is 1.73. The number of hydrogen-bond acceptors (Lipinski definition) is 10. The average molecular weight is 855 g/mol. The molecule has 2 N–H and O–H groups in total. The fraction of sp³-hybridized carbons (Fsp3) is 0.822. The molecule has 1 aromatic heterocycles. The number of carbonyl (C=O) groups is 2. The zero-order valence-corrected chi connectivity index (χ0v) is 37.7. The monoisotopic (exact) mass is 855 g/mol. The molecule has 0 aliphatic carbocycles. The molecular weight excluding hydrogens is 775 g/mol. The molecule has 0 aromatic carbocycles. The number of aryl methyl sites for hydroxylation is 1. The van der Waals surface area contributed by atoms with Crippen LogP contribution in [0.15, 0.2) is 27.9 Å². The van der Waals surface area contributed by atoms with Crippen LogP contribution in [0.3, 0.4) is 0 Å². The first-order valence-corrected chi connectivity index (χ1v) is 24.7. The lowest BCUT2D eigenvalue weighted by Gasteiger charge is -2.21. The van der Waals surface area contributed by atoms with Gasteiger partial charge < -0.3 is 19.1 Å². The Morgan fingerprint density at radius 3 is 1.64 bits per heavy atom. The van der Waals surface area contributed by atoms with Crippen molar-refractivity contribution in [3.05, 3.63) is 44.8 Å². The second-order valence-corrected chi connectivity index (χ2v) is 17.7. The summed E-state index contributed by atoms with van der Waals surface area (Å²) >= 11 is 0. The van der Waals surface area contributed by atoms with Gasteiger partial charge in [-0.05, 0) is 25.8 Å². The Kier molecular flexibility index (Phi) is 29.5. The van der Waals surface area contributed by atoms with E-state index in [0.29, 0.717) is 18.4 Å². The van der Waals surface area contributed by atoms with E-state index in [1.807, 2.05) is 0 Å². The van der Waals surface area contributed by atoms with Gasteiger partial charge in [0.15, 0.2) is 12.3 Å². The SMILES string of the molecule is CCCCCCCCCCCCCCCC(=O)OC[C@H](COP(=O)(O)OC[C@@H]1C=C[C@H](n2cc(C)c(=O)[nH]c2=O)O1)OC(=O)CCCCCCCCCCCCCCC. The van der Waals surface area contributed by atoms with Crippen molar-refractivity contribution in [3.8, 4) is 0 Å². The predicted octanol–water partition coefficient (Wildman–Crippen LogP) is 10.8. The van der Waals surface area contributed by atoms with Gasteiger partial charge in [0, 0.05) is 24.6 Å². The van der Waals surface area contributed by atoms with E-state index in [1.54, 1.807) is 19.1 Å². The van der Waals surface area contributed by atoms with Crippen molar-refractivity contribution in [2.75, 3.05) is 19.8 Å². The van der Waals surface area contributed by atoms with Crippen molar-refractivity contribution in [2.45, 2.75) is 219 Å². The number of carbonyl (C=O) groups excluding carboxylic acids is 2. The van der Waals surface area contributed by atoms with Crippen LogP contribution in [-0.4, -0.2) is 58.4 Å². The third-order valence-corrected chi connectivity index (χ3v) is 11.7. The normalized spacial score (nSPS) is 16.6. The fourth-order valence-electron chi connectivity index (χ4n) is 7.09. The molecule has 1 aliphatic heterocycles. The molecule has 13 nitrogen and oxygen atoms in total. The van der Waals surface area contributed by atoms with Gasteiger partial charge in [-0.15, -0.1) is 0 Å². The van der Waals surface area contributed by atoms with Gasteiger partial charge in [0.05, 0.1) is 13.2 Å². The summed E-state index contributed by atoms with van der Waals surface area (Å²) in [5.74, 6) is -0.920. The van der Waals surface area contributed by atoms with Crippen LogP contribution in [0.2, 0.25) is 0 Å². The highest BCUT2D eigenvalue weighted by atomic mass is 31.2. The standard InChI is InChI=1S/C45H79N2O11P/c1-4-6-8-10-12-14-16-18-20-22-24-26-28-30-42(48)54-35-40(58-43(49)31-29-27-25-23-21-19-17-15-13-11-9-7-5-2)37-56-59(52,53)55-36-39-32-33-41(57-39)47-34-38(3)44(50)46-45(47)51/h32-34,39-41H,4-31,35-37H2,1-3H3,(H,52,53)(H,46,50,51)/t39-,40+,41+/m0/s1. The highest BCUT2D eigenvalue weighted by Gasteiger charge is 2.29. The van der Waals surface area contributed by atoms with Crippen LogP contribution in [0.4, 0.5) is 0 Å². The molecule has 0 spiro atoms. The van der Waals surface area contributed by atoms with Gasteiger partial charge in [-0.25, -0.2) is 9.36 Å². The summed E-state index contributed by atoms with van der Waals surface area (Å²) < 4.78 is 41.1. The molecule has 0 bridgehead atoms. The van der Waals surface area contributed by atoms with Gasteiger partial charge in [-0.3, -0.25) is 33.0 Å². The number of H-pyrrole nitrogens is 1.